The standard InChI is InChI=1S/C39H22N4OS/c1-3-11-23(12-4-1)37-40-38(24-13-5-2-6-14-24)42-39(41-37)43-30-17-9-7-15-25(30)28-22-32-29(21-31(28)43)26-19-20-34-35(36(26)44-32)27-16-8-10-18-33(27)45-34/h1-22H. The minimum Gasteiger partial charge on any atom is -0.455 e. The normalized spacial score (nSPS) is 12.0. The van der Waals surface area contributed by atoms with E-state index in [1.807, 2.05) is 60.7 Å². The van der Waals surface area contributed by atoms with Crippen LogP contribution >= 0.6 is 11.3 Å². The van der Waals surface area contributed by atoms with E-state index in [0.717, 1.165) is 54.9 Å². The molecule has 4 heterocycles. The molecule has 0 aliphatic carbocycles. The highest BCUT2D eigenvalue weighted by molar-refractivity contribution is 7.26. The van der Waals surface area contributed by atoms with Gasteiger partial charge >= 0.3 is 0 Å². The van der Waals surface area contributed by atoms with Crippen molar-refractivity contribution in [3.8, 4) is 28.7 Å². The van der Waals surface area contributed by atoms with E-state index < -0.39 is 0 Å². The summed E-state index contributed by atoms with van der Waals surface area (Å²) in [4.78, 5) is 15.1. The average molecular weight is 595 g/mol. The molecule has 0 aliphatic heterocycles. The lowest BCUT2D eigenvalue weighted by atomic mass is 10.1. The van der Waals surface area contributed by atoms with Gasteiger partial charge in [0.05, 0.1) is 11.0 Å². The Hall–Kier alpha value is -5.85. The molecule has 0 aliphatic rings. The van der Waals surface area contributed by atoms with E-state index in [-0.39, 0.29) is 0 Å². The van der Waals surface area contributed by atoms with Gasteiger partial charge in [-0.25, -0.2) is 4.98 Å². The van der Waals surface area contributed by atoms with Crippen molar-refractivity contribution in [2.24, 2.45) is 0 Å². The lowest BCUT2D eigenvalue weighted by Crippen LogP contribution is -2.06. The first-order valence-corrected chi connectivity index (χ1v) is 15.7. The molecule has 0 spiro atoms. The Morgan fingerprint density at radius 3 is 1.91 bits per heavy atom. The molecule has 0 unspecified atom stereocenters. The fourth-order valence-corrected chi connectivity index (χ4v) is 7.72. The van der Waals surface area contributed by atoms with Crippen molar-refractivity contribution in [1.29, 1.82) is 0 Å². The van der Waals surface area contributed by atoms with Gasteiger partial charge in [-0.2, -0.15) is 9.97 Å². The van der Waals surface area contributed by atoms with Gasteiger partial charge in [-0.3, -0.25) is 4.57 Å². The molecule has 0 amide bonds. The predicted octanol–water partition coefficient (Wildman–Crippen LogP) is 10.6. The van der Waals surface area contributed by atoms with Crippen LogP contribution in [0.1, 0.15) is 0 Å². The van der Waals surface area contributed by atoms with E-state index in [0.29, 0.717) is 17.6 Å². The summed E-state index contributed by atoms with van der Waals surface area (Å²) < 4.78 is 11.4. The maximum absolute atomic E-state index is 6.71. The molecule has 0 saturated heterocycles. The Balaban J connectivity index is 1.31. The fourth-order valence-electron chi connectivity index (χ4n) is 6.62. The molecule has 0 bridgehead atoms. The molecular formula is C39H22N4OS. The molecule has 45 heavy (non-hydrogen) atoms. The van der Waals surface area contributed by atoms with Gasteiger partial charge in [0.15, 0.2) is 11.6 Å². The number of thiophene rings is 1. The molecular weight excluding hydrogens is 573 g/mol. The molecule has 210 valence electrons. The molecule has 10 aromatic rings. The maximum atomic E-state index is 6.71. The van der Waals surface area contributed by atoms with Gasteiger partial charge < -0.3 is 4.42 Å². The minimum atomic E-state index is 0.576. The van der Waals surface area contributed by atoms with Crippen LogP contribution in [0, 0.1) is 0 Å². The smallest absolute Gasteiger partial charge is 0.238 e. The zero-order valence-electron chi connectivity index (χ0n) is 23.8. The molecule has 6 heteroatoms. The number of hydrogen-bond acceptors (Lipinski definition) is 5. The van der Waals surface area contributed by atoms with Crippen molar-refractivity contribution in [2.45, 2.75) is 0 Å². The van der Waals surface area contributed by atoms with Crippen LogP contribution in [0.2, 0.25) is 0 Å². The maximum Gasteiger partial charge on any atom is 0.238 e. The Bertz CT molecular complexity index is 2700. The Labute approximate surface area is 260 Å². The van der Waals surface area contributed by atoms with Crippen LogP contribution < -0.4 is 0 Å². The molecule has 0 fully saturated rings. The first kappa shape index (κ1) is 24.6. The Morgan fingerprint density at radius 1 is 0.489 bits per heavy atom. The second kappa shape index (κ2) is 9.32. The summed E-state index contributed by atoms with van der Waals surface area (Å²) in [7, 11) is 0. The number of fused-ring (bicyclic) bond motifs is 10. The highest BCUT2D eigenvalue weighted by Crippen LogP contribution is 2.43. The van der Waals surface area contributed by atoms with Gasteiger partial charge in [-0.15, -0.1) is 11.3 Å². The molecule has 0 N–H and O–H groups in total. The van der Waals surface area contributed by atoms with Crippen LogP contribution in [0.25, 0.3) is 92.6 Å². The van der Waals surface area contributed by atoms with Crippen LogP contribution in [0.5, 0.6) is 0 Å². The minimum absolute atomic E-state index is 0.576. The van der Waals surface area contributed by atoms with Gasteiger partial charge in [0.2, 0.25) is 5.95 Å². The van der Waals surface area contributed by atoms with E-state index in [9.17, 15) is 0 Å². The number of hydrogen-bond donors (Lipinski definition) is 0. The molecule has 0 atom stereocenters. The van der Waals surface area contributed by atoms with E-state index in [1.165, 1.54) is 20.2 Å². The number of benzene rings is 6. The summed E-state index contributed by atoms with van der Waals surface area (Å²) in [5.74, 6) is 1.84. The van der Waals surface area contributed by atoms with Gasteiger partial charge in [0, 0.05) is 52.8 Å². The van der Waals surface area contributed by atoms with Crippen LogP contribution in [-0.4, -0.2) is 19.5 Å². The lowest BCUT2D eigenvalue weighted by molar-refractivity contribution is 0.673. The summed E-state index contributed by atoms with van der Waals surface area (Å²) in [5.41, 5.74) is 5.73. The first-order chi connectivity index (χ1) is 22.3. The van der Waals surface area contributed by atoms with Crippen LogP contribution in [0.4, 0.5) is 0 Å². The fraction of sp³-hybridized carbons (Fsp3) is 0. The van der Waals surface area contributed by atoms with Crippen molar-refractivity contribution in [3.63, 3.8) is 0 Å². The predicted molar refractivity (Wildman–Crippen MR) is 185 cm³/mol. The molecule has 0 radical (unpaired) electrons. The van der Waals surface area contributed by atoms with Gasteiger partial charge in [0.1, 0.15) is 11.2 Å². The van der Waals surface area contributed by atoms with Crippen molar-refractivity contribution in [1.82, 2.24) is 19.5 Å². The summed E-state index contributed by atoms with van der Waals surface area (Å²) in [6.07, 6.45) is 0. The van der Waals surface area contributed by atoms with Gasteiger partial charge in [-0.05, 0) is 36.4 Å². The first-order valence-electron chi connectivity index (χ1n) is 14.9. The van der Waals surface area contributed by atoms with Crippen LogP contribution in [-0.2, 0) is 0 Å². The summed E-state index contributed by atoms with van der Waals surface area (Å²) in [5, 5.41) is 6.79. The van der Waals surface area contributed by atoms with Crippen molar-refractivity contribution >= 4 is 75.3 Å². The third-order valence-electron chi connectivity index (χ3n) is 8.66. The van der Waals surface area contributed by atoms with E-state index in [1.54, 1.807) is 11.3 Å². The van der Waals surface area contributed by atoms with E-state index in [4.69, 9.17) is 19.4 Å². The van der Waals surface area contributed by atoms with Gasteiger partial charge in [0.25, 0.3) is 0 Å². The average Bonchev–Trinajstić information content (AvgIpc) is 3.77. The Kier molecular flexibility index (Phi) is 5.09. The molecule has 10 rings (SSSR count). The Morgan fingerprint density at radius 2 is 1.16 bits per heavy atom. The SMILES string of the molecule is c1ccc(-c2nc(-c3ccccc3)nc(-n3c4ccccc4c4cc5oc6c(ccc7sc8ccccc8c76)c5cc43)n2)cc1. The highest BCUT2D eigenvalue weighted by atomic mass is 32.1. The monoisotopic (exact) mass is 594 g/mol. The molecule has 6 aromatic carbocycles. The number of furan rings is 1. The number of para-hydroxylation sites is 1. The van der Waals surface area contributed by atoms with Crippen LogP contribution in [0.3, 0.4) is 0 Å². The quantitative estimate of drug-likeness (QED) is 0.204. The number of aromatic nitrogens is 4. The summed E-state index contributed by atoms with van der Waals surface area (Å²) in [6.45, 7) is 0. The third-order valence-corrected chi connectivity index (χ3v) is 9.80. The molecule has 5 nitrogen and oxygen atoms in total. The van der Waals surface area contributed by atoms with Crippen molar-refractivity contribution in [3.05, 3.63) is 133 Å². The topological polar surface area (TPSA) is 56.7 Å². The van der Waals surface area contributed by atoms with Crippen molar-refractivity contribution < 1.29 is 4.42 Å². The summed E-state index contributed by atoms with van der Waals surface area (Å²) >= 11 is 1.81. The second-order valence-electron chi connectivity index (χ2n) is 11.2. The summed E-state index contributed by atoms with van der Waals surface area (Å²) in [6, 6.07) is 46.0. The molecule has 0 saturated carbocycles. The zero-order chi connectivity index (χ0) is 29.5. The van der Waals surface area contributed by atoms with E-state index >= 15 is 0 Å². The van der Waals surface area contributed by atoms with E-state index in [2.05, 4.69) is 77.4 Å². The highest BCUT2D eigenvalue weighted by Gasteiger charge is 2.21. The second-order valence-corrected chi connectivity index (χ2v) is 12.3. The van der Waals surface area contributed by atoms with Crippen molar-refractivity contribution in [2.75, 3.05) is 0 Å². The number of nitrogens with zero attached hydrogens (tertiary/aromatic N) is 4. The largest absolute Gasteiger partial charge is 0.455 e. The van der Waals surface area contributed by atoms with Crippen LogP contribution in [0.15, 0.2) is 138 Å². The lowest BCUT2D eigenvalue weighted by Gasteiger charge is -2.10. The number of rotatable bonds is 3. The molecule has 4 aromatic heterocycles. The van der Waals surface area contributed by atoms with Gasteiger partial charge in [-0.1, -0.05) is 97.1 Å². The zero-order valence-corrected chi connectivity index (χ0v) is 24.6. The third kappa shape index (κ3) is 3.63.